The van der Waals surface area contributed by atoms with Gasteiger partial charge < -0.3 is 10.4 Å². The Morgan fingerprint density at radius 3 is 2.38 bits per heavy atom. The SMILES string of the molecule is CC(C)S(=O)(=O)CCNCCCO. The molecule has 0 fully saturated rings. The van der Waals surface area contributed by atoms with Crippen LogP contribution in [0.4, 0.5) is 0 Å². The first kappa shape index (κ1) is 12.9. The maximum Gasteiger partial charge on any atom is 0.153 e. The molecule has 0 aliphatic rings. The van der Waals surface area contributed by atoms with Crippen molar-refractivity contribution in [2.45, 2.75) is 25.5 Å². The van der Waals surface area contributed by atoms with Gasteiger partial charge in [0, 0.05) is 13.2 Å². The van der Waals surface area contributed by atoms with E-state index in [9.17, 15) is 8.42 Å². The van der Waals surface area contributed by atoms with Crippen LogP contribution in [0.25, 0.3) is 0 Å². The van der Waals surface area contributed by atoms with Crippen molar-refractivity contribution in [3.05, 3.63) is 0 Å². The third-order valence-corrected chi connectivity index (χ3v) is 4.00. The van der Waals surface area contributed by atoms with Gasteiger partial charge in [-0.05, 0) is 26.8 Å². The summed E-state index contributed by atoms with van der Waals surface area (Å²) in [5.74, 6) is 0.177. The van der Waals surface area contributed by atoms with Crippen molar-refractivity contribution < 1.29 is 13.5 Å². The lowest BCUT2D eigenvalue weighted by atomic mass is 10.4. The van der Waals surface area contributed by atoms with Gasteiger partial charge in [0.2, 0.25) is 0 Å². The van der Waals surface area contributed by atoms with Crippen molar-refractivity contribution in [3.63, 3.8) is 0 Å². The molecule has 0 aliphatic heterocycles. The van der Waals surface area contributed by atoms with Crippen LogP contribution in [-0.2, 0) is 9.84 Å². The second-order valence-corrected chi connectivity index (χ2v) is 5.92. The van der Waals surface area contributed by atoms with Crippen LogP contribution in [0.2, 0.25) is 0 Å². The molecule has 0 atom stereocenters. The highest BCUT2D eigenvalue weighted by molar-refractivity contribution is 7.92. The minimum atomic E-state index is -2.91. The van der Waals surface area contributed by atoms with Crippen molar-refractivity contribution >= 4 is 9.84 Å². The van der Waals surface area contributed by atoms with Gasteiger partial charge in [0.1, 0.15) is 0 Å². The molecule has 0 amide bonds. The predicted molar refractivity (Wildman–Crippen MR) is 53.5 cm³/mol. The zero-order valence-electron chi connectivity index (χ0n) is 8.28. The summed E-state index contributed by atoms with van der Waals surface area (Å²) < 4.78 is 22.5. The van der Waals surface area contributed by atoms with Crippen molar-refractivity contribution in [1.29, 1.82) is 0 Å². The van der Waals surface area contributed by atoms with Gasteiger partial charge in [-0.25, -0.2) is 8.42 Å². The summed E-state index contributed by atoms with van der Waals surface area (Å²) in [7, 11) is -2.91. The first-order chi connectivity index (χ1) is 6.00. The molecule has 80 valence electrons. The fourth-order valence-electron chi connectivity index (χ4n) is 0.779. The van der Waals surface area contributed by atoms with E-state index in [0.29, 0.717) is 19.5 Å². The lowest BCUT2D eigenvalue weighted by Gasteiger charge is -2.07. The van der Waals surface area contributed by atoms with E-state index < -0.39 is 9.84 Å². The summed E-state index contributed by atoms with van der Waals surface area (Å²) >= 11 is 0. The minimum Gasteiger partial charge on any atom is -0.396 e. The quantitative estimate of drug-likeness (QED) is 0.569. The Labute approximate surface area is 80.3 Å². The Hall–Kier alpha value is -0.130. The van der Waals surface area contributed by atoms with E-state index in [1.54, 1.807) is 13.8 Å². The zero-order chi connectivity index (χ0) is 10.3. The molecule has 13 heavy (non-hydrogen) atoms. The molecular formula is C8H19NO3S. The largest absolute Gasteiger partial charge is 0.396 e. The first-order valence-corrected chi connectivity index (χ1v) is 6.25. The number of rotatable bonds is 7. The Morgan fingerprint density at radius 1 is 1.31 bits per heavy atom. The summed E-state index contributed by atoms with van der Waals surface area (Å²) in [6.07, 6.45) is 0.668. The molecule has 2 N–H and O–H groups in total. The van der Waals surface area contributed by atoms with Crippen LogP contribution >= 0.6 is 0 Å². The van der Waals surface area contributed by atoms with Gasteiger partial charge in [0.15, 0.2) is 9.84 Å². The summed E-state index contributed by atoms with van der Waals surface area (Å²) in [5, 5.41) is 11.1. The van der Waals surface area contributed by atoms with Crippen LogP contribution in [0.3, 0.4) is 0 Å². The second-order valence-electron chi connectivity index (χ2n) is 3.24. The van der Waals surface area contributed by atoms with E-state index in [-0.39, 0.29) is 17.6 Å². The Balaban J connectivity index is 3.53. The lowest BCUT2D eigenvalue weighted by Crippen LogP contribution is -2.28. The number of aliphatic hydroxyl groups is 1. The van der Waals surface area contributed by atoms with E-state index in [4.69, 9.17) is 5.11 Å². The molecule has 0 radical (unpaired) electrons. The predicted octanol–water partition coefficient (Wildman–Crippen LogP) is -0.218. The highest BCUT2D eigenvalue weighted by atomic mass is 32.2. The minimum absolute atomic E-state index is 0.143. The topological polar surface area (TPSA) is 66.4 Å². The van der Waals surface area contributed by atoms with Crippen LogP contribution in [0.5, 0.6) is 0 Å². The molecule has 0 unspecified atom stereocenters. The van der Waals surface area contributed by atoms with Gasteiger partial charge in [-0.15, -0.1) is 0 Å². The van der Waals surface area contributed by atoms with E-state index in [1.165, 1.54) is 0 Å². The zero-order valence-corrected chi connectivity index (χ0v) is 9.10. The number of nitrogens with one attached hydrogen (secondary N) is 1. The van der Waals surface area contributed by atoms with Crippen LogP contribution in [0.15, 0.2) is 0 Å². The molecule has 0 rings (SSSR count). The van der Waals surface area contributed by atoms with E-state index in [1.807, 2.05) is 0 Å². The molecule has 0 aromatic rings. The molecule has 0 aromatic heterocycles. The summed E-state index contributed by atoms with van der Waals surface area (Å²) in [6.45, 7) is 4.65. The molecule has 0 aromatic carbocycles. The number of hydrogen-bond donors (Lipinski definition) is 2. The van der Waals surface area contributed by atoms with Gasteiger partial charge in [-0.1, -0.05) is 0 Å². The standard InChI is InChI=1S/C8H19NO3S/c1-8(2)13(11,12)7-5-9-4-3-6-10/h8-10H,3-7H2,1-2H3. The van der Waals surface area contributed by atoms with Crippen LogP contribution in [0.1, 0.15) is 20.3 Å². The molecule has 0 bridgehead atoms. The van der Waals surface area contributed by atoms with E-state index in [0.717, 1.165) is 0 Å². The summed E-state index contributed by atoms with van der Waals surface area (Å²) in [4.78, 5) is 0. The van der Waals surface area contributed by atoms with Crippen LogP contribution in [0, 0.1) is 0 Å². The smallest absolute Gasteiger partial charge is 0.153 e. The third kappa shape index (κ3) is 6.01. The highest BCUT2D eigenvalue weighted by Gasteiger charge is 2.14. The molecule has 4 nitrogen and oxygen atoms in total. The maximum atomic E-state index is 11.3. The maximum absolute atomic E-state index is 11.3. The third-order valence-electron chi connectivity index (χ3n) is 1.79. The molecular weight excluding hydrogens is 190 g/mol. The van der Waals surface area contributed by atoms with Gasteiger partial charge in [-0.2, -0.15) is 0 Å². The van der Waals surface area contributed by atoms with Gasteiger partial charge in [0.05, 0.1) is 11.0 Å². The van der Waals surface area contributed by atoms with Crippen molar-refractivity contribution in [2.24, 2.45) is 0 Å². The lowest BCUT2D eigenvalue weighted by molar-refractivity contribution is 0.286. The molecule has 0 heterocycles. The van der Waals surface area contributed by atoms with Gasteiger partial charge in [0.25, 0.3) is 0 Å². The molecule has 0 aliphatic carbocycles. The van der Waals surface area contributed by atoms with Crippen molar-refractivity contribution in [3.8, 4) is 0 Å². The van der Waals surface area contributed by atoms with E-state index >= 15 is 0 Å². The summed E-state index contributed by atoms with van der Waals surface area (Å²) in [5.41, 5.74) is 0. The molecule has 0 saturated heterocycles. The van der Waals surface area contributed by atoms with Crippen molar-refractivity contribution in [1.82, 2.24) is 5.32 Å². The number of sulfone groups is 1. The van der Waals surface area contributed by atoms with Gasteiger partial charge >= 0.3 is 0 Å². The van der Waals surface area contributed by atoms with E-state index in [2.05, 4.69) is 5.32 Å². The second kappa shape index (κ2) is 6.34. The Morgan fingerprint density at radius 2 is 1.92 bits per heavy atom. The number of aliphatic hydroxyl groups excluding tert-OH is 1. The normalized spacial score (nSPS) is 12.3. The highest BCUT2D eigenvalue weighted by Crippen LogP contribution is 1.98. The molecule has 0 saturated carbocycles. The molecule has 0 spiro atoms. The average molecular weight is 209 g/mol. The Kier molecular flexibility index (Phi) is 6.28. The van der Waals surface area contributed by atoms with Crippen molar-refractivity contribution in [2.75, 3.05) is 25.4 Å². The molecule has 5 heteroatoms. The van der Waals surface area contributed by atoms with Crippen LogP contribution < -0.4 is 5.32 Å². The number of hydrogen-bond acceptors (Lipinski definition) is 4. The Bertz CT molecular complexity index is 211. The van der Waals surface area contributed by atoms with Gasteiger partial charge in [-0.3, -0.25) is 0 Å². The fourth-order valence-corrected chi connectivity index (χ4v) is 1.68. The fraction of sp³-hybridized carbons (Fsp3) is 1.00. The first-order valence-electron chi connectivity index (χ1n) is 4.54. The average Bonchev–Trinajstić information content (AvgIpc) is 2.03. The summed E-state index contributed by atoms with van der Waals surface area (Å²) in [6, 6.07) is 0. The monoisotopic (exact) mass is 209 g/mol. The van der Waals surface area contributed by atoms with Crippen LogP contribution in [-0.4, -0.2) is 44.2 Å².